The second-order valence-corrected chi connectivity index (χ2v) is 5.25. The lowest BCUT2D eigenvalue weighted by atomic mass is 10.0. The molecule has 0 rings (SSSR count). The molecule has 0 aromatic rings. The molecular formula is C15H24N2O3. The highest BCUT2D eigenvalue weighted by molar-refractivity contribution is 6.02. The maximum Gasteiger partial charge on any atom is 0.339 e. The second-order valence-electron chi connectivity index (χ2n) is 5.25. The summed E-state index contributed by atoms with van der Waals surface area (Å²) in [5.41, 5.74) is 0.156. The summed E-state index contributed by atoms with van der Waals surface area (Å²) in [6, 6.07) is 0. The van der Waals surface area contributed by atoms with Crippen LogP contribution >= 0.6 is 0 Å². The number of allylic oxidation sites excluding steroid dienone is 3. The van der Waals surface area contributed by atoms with Crippen LogP contribution < -0.4 is 0 Å². The van der Waals surface area contributed by atoms with Gasteiger partial charge in [-0.15, -0.1) is 0 Å². The van der Waals surface area contributed by atoms with E-state index in [0.717, 1.165) is 0 Å². The summed E-state index contributed by atoms with van der Waals surface area (Å²) in [5.74, 6) is -0.529. The highest BCUT2D eigenvalue weighted by Crippen LogP contribution is 2.19. The van der Waals surface area contributed by atoms with Crippen molar-refractivity contribution in [3.63, 3.8) is 0 Å². The maximum atomic E-state index is 11.9. The van der Waals surface area contributed by atoms with Crippen LogP contribution in [0.15, 0.2) is 23.8 Å². The average molecular weight is 280 g/mol. The molecule has 1 unspecified atom stereocenters. The van der Waals surface area contributed by atoms with Gasteiger partial charge in [0.25, 0.3) is 0 Å². The molecule has 0 aliphatic rings. The van der Waals surface area contributed by atoms with Crippen LogP contribution in [0.1, 0.15) is 34.1 Å². The number of nitrogens with one attached hydrogen (secondary N) is 2. The Balaban J connectivity index is 5.37. The van der Waals surface area contributed by atoms with E-state index in [9.17, 15) is 4.79 Å². The van der Waals surface area contributed by atoms with E-state index in [2.05, 4.69) is 0 Å². The number of carbonyl (C=O) groups excluding carboxylic acids is 1. The predicted molar refractivity (Wildman–Crippen MR) is 80.7 cm³/mol. The molecule has 1 atom stereocenters. The summed E-state index contributed by atoms with van der Waals surface area (Å²) in [6.07, 6.45) is 5.97. The maximum absolute atomic E-state index is 11.9. The molecular weight excluding hydrogens is 256 g/mol. The van der Waals surface area contributed by atoms with E-state index in [1.807, 2.05) is 20.8 Å². The third-order valence-electron chi connectivity index (χ3n) is 2.27. The third kappa shape index (κ3) is 6.99. The van der Waals surface area contributed by atoms with Crippen LogP contribution in [0, 0.1) is 10.8 Å². The van der Waals surface area contributed by atoms with Crippen LogP contribution in [0.25, 0.3) is 0 Å². The van der Waals surface area contributed by atoms with Gasteiger partial charge in [0, 0.05) is 17.7 Å². The normalized spacial score (nSPS) is 14.2. The Labute approximate surface area is 120 Å². The van der Waals surface area contributed by atoms with Crippen molar-refractivity contribution in [3.8, 4) is 0 Å². The Morgan fingerprint density at radius 1 is 1.35 bits per heavy atom. The standard InChI is InChI=1S/C15H24N2O3/c1-11(17)12(9-7-6-8-10-16)13(14(18)19-5)20-15(2,3)4/h6-7,9-10,13,16-17H,8H2,1-5H3/b7-6+,12-9-,16-10?,17-11?. The molecule has 20 heavy (non-hydrogen) atoms. The number of rotatable bonds is 7. The first-order chi connectivity index (χ1) is 9.22. The van der Waals surface area contributed by atoms with Gasteiger partial charge < -0.3 is 20.3 Å². The predicted octanol–water partition coefficient (Wildman–Crippen LogP) is 2.91. The van der Waals surface area contributed by atoms with Gasteiger partial charge in [-0.2, -0.15) is 0 Å². The van der Waals surface area contributed by atoms with Crippen molar-refractivity contribution in [2.75, 3.05) is 7.11 Å². The molecule has 2 N–H and O–H groups in total. The first-order valence-electron chi connectivity index (χ1n) is 6.39. The van der Waals surface area contributed by atoms with Gasteiger partial charge in [0.15, 0.2) is 6.10 Å². The lowest BCUT2D eigenvalue weighted by Gasteiger charge is -2.27. The van der Waals surface area contributed by atoms with Crippen LogP contribution in [0.2, 0.25) is 0 Å². The topological polar surface area (TPSA) is 83.2 Å². The van der Waals surface area contributed by atoms with E-state index in [4.69, 9.17) is 20.3 Å². The van der Waals surface area contributed by atoms with Crippen molar-refractivity contribution in [1.82, 2.24) is 0 Å². The summed E-state index contributed by atoms with van der Waals surface area (Å²) in [5, 5.41) is 14.7. The van der Waals surface area contributed by atoms with Crippen molar-refractivity contribution in [2.45, 2.75) is 45.8 Å². The fourth-order valence-electron chi connectivity index (χ4n) is 1.43. The molecule has 0 saturated carbocycles. The zero-order valence-corrected chi connectivity index (χ0v) is 12.8. The van der Waals surface area contributed by atoms with Crippen molar-refractivity contribution in [2.24, 2.45) is 0 Å². The molecule has 0 saturated heterocycles. The van der Waals surface area contributed by atoms with Gasteiger partial charge in [0.1, 0.15) is 0 Å². The van der Waals surface area contributed by atoms with Gasteiger partial charge in [0.05, 0.1) is 12.7 Å². The Morgan fingerprint density at radius 3 is 2.35 bits per heavy atom. The quantitative estimate of drug-likeness (QED) is 0.427. The Morgan fingerprint density at radius 2 is 1.95 bits per heavy atom. The summed E-state index contributed by atoms with van der Waals surface area (Å²) >= 11 is 0. The van der Waals surface area contributed by atoms with Crippen LogP contribution in [-0.2, 0) is 14.3 Å². The van der Waals surface area contributed by atoms with Crippen LogP contribution in [0.4, 0.5) is 0 Å². The third-order valence-corrected chi connectivity index (χ3v) is 2.27. The Kier molecular flexibility index (Phi) is 7.69. The molecule has 0 heterocycles. The van der Waals surface area contributed by atoms with Crippen molar-refractivity contribution >= 4 is 17.9 Å². The first kappa shape index (κ1) is 18.2. The van der Waals surface area contributed by atoms with Gasteiger partial charge >= 0.3 is 5.97 Å². The number of hydrogen-bond donors (Lipinski definition) is 2. The second kappa shape index (κ2) is 8.43. The smallest absolute Gasteiger partial charge is 0.339 e. The van der Waals surface area contributed by atoms with Crippen molar-refractivity contribution in [3.05, 3.63) is 23.8 Å². The number of esters is 1. The van der Waals surface area contributed by atoms with Gasteiger partial charge in [-0.05, 0) is 33.9 Å². The largest absolute Gasteiger partial charge is 0.467 e. The Hall–Kier alpha value is -1.75. The highest BCUT2D eigenvalue weighted by atomic mass is 16.6. The molecule has 0 aromatic carbocycles. The van der Waals surface area contributed by atoms with Crippen LogP contribution in [0.5, 0.6) is 0 Å². The summed E-state index contributed by atoms with van der Waals surface area (Å²) in [4.78, 5) is 11.9. The Bertz CT molecular complexity index is 417. The lowest BCUT2D eigenvalue weighted by Crippen LogP contribution is -2.37. The molecule has 5 nitrogen and oxygen atoms in total. The number of hydrogen-bond acceptors (Lipinski definition) is 5. The molecule has 0 spiro atoms. The van der Waals surface area contributed by atoms with Gasteiger partial charge in [-0.25, -0.2) is 4.79 Å². The minimum atomic E-state index is -0.929. The molecule has 112 valence electrons. The minimum absolute atomic E-state index is 0.240. The van der Waals surface area contributed by atoms with Gasteiger partial charge in [-0.3, -0.25) is 0 Å². The zero-order valence-electron chi connectivity index (χ0n) is 12.8. The van der Waals surface area contributed by atoms with E-state index < -0.39 is 17.7 Å². The SMILES string of the molecule is COC(=O)C(OC(C)(C)C)/C(=C\C=C\CC=N)C(C)=N. The summed E-state index contributed by atoms with van der Waals surface area (Å²) in [7, 11) is 1.29. The van der Waals surface area contributed by atoms with Crippen LogP contribution in [0.3, 0.4) is 0 Å². The summed E-state index contributed by atoms with van der Waals surface area (Å²) in [6.45, 7) is 7.11. The number of methoxy groups -OCH3 is 1. The number of carbonyl (C=O) groups is 1. The molecule has 0 fully saturated rings. The van der Waals surface area contributed by atoms with Crippen molar-refractivity contribution in [1.29, 1.82) is 10.8 Å². The lowest BCUT2D eigenvalue weighted by molar-refractivity contribution is -0.158. The molecule has 0 aliphatic carbocycles. The molecule has 0 amide bonds. The average Bonchev–Trinajstić information content (AvgIpc) is 2.34. The molecule has 5 heteroatoms. The van der Waals surface area contributed by atoms with E-state index in [0.29, 0.717) is 12.0 Å². The molecule has 0 radical (unpaired) electrons. The minimum Gasteiger partial charge on any atom is -0.467 e. The van der Waals surface area contributed by atoms with Crippen molar-refractivity contribution < 1.29 is 14.3 Å². The number of ether oxygens (including phenoxy) is 2. The van der Waals surface area contributed by atoms with Gasteiger partial charge in [-0.1, -0.05) is 18.2 Å². The molecule has 0 aromatic heterocycles. The van der Waals surface area contributed by atoms with E-state index >= 15 is 0 Å². The van der Waals surface area contributed by atoms with E-state index in [1.165, 1.54) is 13.3 Å². The fourth-order valence-corrected chi connectivity index (χ4v) is 1.43. The van der Waals surface area contributed by atoms with Crippen LogP contribution in [-0.4, -0.2) is 36.7 Å². The fraction of sp³-hybridized carbons (Fsp3) is 0.533. The summed E-state index contributed by atoms with van der Waals surface area (Å²) < 4.78 is 10.5. The van der Waals surface area contributed by atoms with E-state index in [-0.39, 0.29) is 5.71 Å². The van der Waals surface area contributed by atoms with E-state index in [1.54, 1.807) is 25.2 Å². The zero-order chi connectivity index (χ0) is 15.8. The molecule has 0 aliphatic heterocycles. The van der Waals surface area contributed by atoms with Gasteiger partial charge in [0.2, 0.25) is 0 Å². The molecule has 0 bridgehead atoms. The first-order valence-corrected chi connectivity index (χ1v) is 6.39. The monoisotopic (exact) mass is 280 g/mol. The highest BCUT2D eigenvalue weighted by Gasteiger charge is 2.30.